The van der Waals surface area contributed by atoms with Crippen LogP contribution in [0, 0.1) is 10.5 Å². The van der Waals surface area contributed by atoms with Crippen LogP contribution in [-0.2, 0) is 27.3 Å². The number of amides is 1. The van der Waals surface area contributed by atoms with Crippen molar-refractivity contribution in [3.8, 4) is 11.5 Å². The van der Waals surface area contributed by atoms with E-state index in [4.69, 9.17) is 18.9 Å². The predicted molar refractivity (Wildman–Crippen MR) is 130 cm³/mol. The van der Waals surface area contributed by atoms with E-state index >= 15 is 0 Å². The number of methoxy groups -OCH3 is 2. The zero-order chi connectivity index (χ0) is 23.9. The van der Waals surface area contributed by atoms with Gasteiger partial charge in [-0.1, -0.05) is 36.4 Å². The second kappa shape index (κ2) is 11.4. The number of esters is 1. The Hall–Kier alpha value is -2.49. The van der Waals surface area contributed by atoms with E-state index in [1.807, 2.05) is 43.3 Å². The SMILES string of the molecule is COC(=O)C(Cc1cc(C)c(OC)c(OCc2ccccc2)c1I)NC(=O)OC(C)(C)C. The standard InChI is InChI=1S/C24H30INO6/c1-15-12-17(13-18(22(27)30-6)26-23(28)32-24(2,3)4)19(25)21(20(15)29-5)31-14-16-10-8-7-9-11-16/h7-12,18H,13-14H2,1-6H3,(H,26,28). The van der Waals surface area contributed by atoms with Crippen molar-refractivity contribution in [2.24, 2.45) is 0 Å². The highest BCUT2D eigenvalue weighted by Crippen LogP contribution is 2.39. The number of nitrogens with one attached hydrogen (secondary N) is 1. The number of rotatable bonds is 8. The van der Waals surface area contributed by atoms with Crippen molar-refractivity contribution < 1.29 is 28.5 Å². The van der Waals surface area contributed by atoms with Crippen LogP contribution in [0.2, 0.25) is 0 Å². The molecular weight excluding hydrogens is 525 g/mol. The Labute approximate surface area is 202 Å². The van der Waals surface area contributed by atoms with Crippen molar-refractivity contribution in [2.75, 3.05) is 14.2 Å². The molecule has 2 aromatic rings. The lowest BCUT2D eigenvalue weighted by Crippen LogP contribution is -2.45. The Kier molecular flexibility index (Phi) is 9.18. The molecule has 0 aromatic heterocycles. The zero-order valence-corrected chi connectivity index (χ0v) is 21.4. The number of carbonyl (C=O) groups is 2. The Balaban J connectivity index is 2.32. The minimum Gasteiger partial charge on any atom is -0.493 e. The molecule has 32 heavy (non-hydrogen) atoms. The largest absolute Gasteiger partial charge is 0.493 e. The second-order valence-electron chi connectivity index (χ2n) is 8.23. The summed E-state index contributed by atoms with van der Waals surface area (Å²) < 4.78 is 22.7. The molecule has 1 unspecified atom stereocenters. The maximum atomic E-state index is 12.4. The van der Waals surface area contributed by atoms with E-state index in [9.17, 15) is 9.59 Å². The van der Waals surface area contributed by atoms with Crippen molar-refractivity contribution in [3.05, 3.63) is 56.7 Å². The van der Waals surface area contributed by atoms with Gasteiger partial charge in [0.2, 0.25) is 0 Å². The van der Waals surface area contributed by atoms with Crippen LogP contribution >= 0.6 is 22.6 Å². The fourth-order valence-electron chi connectivity index (χ4n) is 3.08. The Bertz CT molecular complexity index is 940. The minimum absolute atomic E-state index is 0.205. The lowest BCUT2D eigenvalue weighted by atomic mass is 10.0. The fourth-order valence-corrected chi connectivity index (χ4v) is 3.86. The molecule has 1 atom stereocenters. The highest BCUT2D eigenvalue weighted by Gasteiger charge is 2.27. The molecule has 2 rings (SSSR count). The zero-order valence-electron chi connectivity index (χ0n) is 19.3. The number of benzene rings is 2. The van der Waals surface area contributed by atoms with Crippen molar-refractivity contribution >= 4 is 34.7 Å². The molecule has 0 aliphatic carbocycles. The van der Waals surface area contributed by atoms with E-state index in [1.54, 1.807) is 27.9 Å². The third-order valence-corrected chi connectivity index (χ3v) is 5.65. The van der Waals surface area contributed by atoms with Crippen molar-refractivity contribution in [1.29, 1.82) is 0 Å². The normalized spacial score (nSPS) is 12.0. The van der Waals surface area contributed by atoms with E-state index in [2.05, 4.69) is 27.9 Å². The number of ether oxygens (including phenoxy) is 4. The average Bonchev–Trinajstić information content (AvgIpc) is 2.73. The molecule has 0 saturated carbocycles. The molecular formula is C24H30INO6. The number of carbonyl (C=O) groups excluding carboxylic acids is 2. The molecule has 7 nitrogen and oxygen atoms in total. The summed E-state index contributed by atoms with van der Waals surface area (Å²) in [6.45, 7) is 7.54. The van der Waals surface area contributed by atoms with Gasteiger partial charge in [0.15, 0.2) is 11.5 Å². The van der Waals surface area contributed by atoms with Gasteiger partial charge in [-0.05, 0) is 67.0 Å². The molecule has 0 saturated heterocycles. The molecule has 0 radical (unpaired) electrons. The van der Waals surface area contributed by atoms with Crippen LogP contribution in [0.5, 0.6) is 11.5 Å². The van der Waals surface area contributed by atoms with Gasteiger partial charge in [0.05, 0.1) is 17.8 Å². The first-order valence-electron chi connectivity index (χ1n) is 10.2. The van der Waals surface area contributed by atoms with Gasteiger partial charge in [0.25, 0.3) is 0 Å². The van der Waals surface area contributed by atoms with Gasteiger partial charge < -0.3 is 24.3 Å². The highest BCUT2D eigenvalue weighted by atomic mass is 127. The van der Waals surface area contributed by atoms with Crippen LogP contribution in [0.4, 0.5) is 4.79 Å². The lowest BCUT2D eigenvalue weighted by molar-refractivity contribution is -0.143. The maximum absolute atomic E-state index is 12.4. The number of hydrogen-bond donors (Lipinski definition) is 1. The van der Waals surface area contributed by atoms with Gasteiger partial charge in [-0.3, -0.25) is 0 Å². The van der Waals surface area contributed by atoms with Gasteiger partial charge >= 0.3 is 12.1 Å². The molecule has 0 aliphatic rings. The first-order chi connectivity index (χ1) is 15.1. The van der Waals surface area contributed by atoms with Gasteiger partial charge in [-0.25, -0.2) is 9.59 Å². The van der Waals surface area contributed by atoms with Gasteiger partial charge in [0.1, 0.15) is 18.2 Å². The van der Waals surface area contributed by atoms with Gasteiger partial charge in [-0.15, -0.1) is 0 Å². The molecule has 1 N–H and O–H groups in total. The van der Waals surface area contributed by atoms with Crippen LogP contribution in [0.25, 0.3) is 0 Å². The summed E-state index contributed by atoms with van der Waals surface area (Å²) in [5.41, 5.74) is 2.01. The third kappa shape index (κ3) is 7.29. The van der Waals surface area contributed by atoms with Crippen molar-refractivity contribution in [1.82, 2.24) is 5.32 Å². The van der Waals surface area contributed by atoms with Crippen LogP contribution in [0.15, 0.2) is 36.4 Å². The monoisotopic (exact) mass is 555 g/mol. The first-order valence-corrected chi connectivity index (χ1v) is 11.2. The number of hydrogen-bond acceptors (Lipinski definition) is 6. The smallest absolute Gasteiger partial charge is 0.408 e. The Morgan fingerprint density at radius 1 is 1.09 bits per heavy atom. The Morgan fingerprint density at radius 2 is 1.75 bits per heavy atom. The summed E-state index contributed by atoms with van der Waals surface area (Å²) >= 11 is 2.17. The summed E-state index contributed by atoms with van der Waals surface area (Å²) in [7, 11) is 2.87. The van der Waals surface area contributed by atoms with Crippen LogP contribution in [0.3, 0.4) is 0 Å². The number of alkyl carbamates (subject to hydrolysis) is 1. The van der Waals surface area contributed by atoms with Crippen LogP contribution < -0.4 is 14.8 Å². The predicted octanol–water partition coefficient (Wildman–Crippen LogP) is 4.80. The summed E-state index contributed by atoms with van der Waals surface area (Å²) in [5.74, 6) is 0.656. The summed E-state index contributed by atoms with van der Waals surface area (Å²) in [4.78, 5) is 24.7. The van der Waals surface area contributed by atoms with Gasteiger partial charge in [-0.2, -0.15) is 0 Å². The molecule has 8 heteroatoms. The maximum Gasteiger partial charge on any atom is 0.408 e. The van der Waals surface area contributed by atoms with Crippen LogP contribution in [0.1, 0.15) is 37.5 Å². The minimum atomic E-state index is -0.918. The number of aryl methyl sites for hydroxylation is 1. The van der Waals surface area contributed by atoms with E-state index in [-0.39, 0.29) is 6.42 Å². The Morgan fingerprint density at radius 3 is 2.31 bits per heavy atom. The summed E-state index contributed by atoms with van der Waals surface area (Å²) in [5, 5.41) is 2.61. The molecule has 0 fully saturated rings. The summed E-state index contributed by atoms with van der Waals surface area (Å²) in [6.07, 6.45) is -0.481. The second-order valence-corrected chi connectivity index (χ2v) is 9.31. The molecule has 0 spiro atoms. The molecule has 2 aromatic carbocycles. The quantitative estimate of drug-likeness (QED) is 0.373. The van der Waals surface area contributed by atoms with E-state index in [0.29, 0.717) is 18.1 Å². The number of halogens is 1. The molecule has 0 bridgehead atoms. The molecule has 0 aliphatic heterocycles. The molecule has 1 amide bonds. The van der Waals surface area contributed by atoms with Gasteiger partial charge in [0, 0.05) is 6.42 Å². The first kappa shape index (κ1) is 25.8. The summed E-state index contributed by atoms with van der Waals surface area (Å²) in [6, 6.07) is 10.8. The molecule has 174 valence electrons. The molecule has 0 heterocycles. The highest BCUT2D eigenvalue weighted by molar-refractivity contribution is 14.1. The fraction of sp³-hybridized carbons (Fsp3) is 0.417. The average molecular weight is 555 g/mol. The lowest BCUT2D eigenvalue weighted by Gasteiger charge is -2.23. The van der Waals surface area contributed by atoms with Crippen LogP contribution in [-0.4, -0.2) is 37.9 Å². The van der Waals surface area contributed by atoms with E-state index in [0.717, 1.165) is 20.3 Å². The topological polar surface area (TPSA) is 83.1 Å². The van der Waals surface area contributed by atoms with E-state index in [1.165, 1.54) is 7.11 Å². The van der Waals surface area contributed by atoms with E-state index < -0.39 is 23.7 Å². The van der Waals surface area contributed by atoms with Crippen molar-refractivity contribution in [3.63, 3.8) is 0 Å². The van der Waals surface area contributed by atoms with Crippen molar-refractivity contribution in [2.45, 2.75) is 52.4 Å². The third-order valence-electron chi connectivity index (χ3n) is 4.47.